The molecule has 0 aliphatic heterocycles. The summed E-state index contributed by atoms with van der Waals surface area (Å²) in [5.41, 5.74) is 1.58. The van der Waals surface area contributed by atoms with Gasteiger partial charge in [0.2, 0.25) is 0 Å². The molecule has 2 aromatic heterocycles. The van der Waals surface area contributed by atoms with Crippen molar-refractivity contribution < 1.29 is 9.18 Å². The number of hydrogen-bond donors (Lipinski definition) is 0. The van der Waals surface area contributed by atoms with Crippen LogP contribution >= 0.6 is 0 Å². The minimum Gasteiger partial charge on any atom is -0.343 e. The van der Waals surface area contributed by atoms with Gasteiger partial charge in [-0.05, 0) is 19.1 Å². The summed E-state index contributed by atoms with van der Waals surface area (Å²) in [5.74, 6) is -0.576. The van der Waals surface area contributed by atoms with Crippen LogP contribution < -0.4 is 0 Å². The number of nitrogens with zero attached hydrogens (tertiary/aromatic N) is 3. The summed E-state index contributed by atoms with van der Waals surface area (Å²) in [7, 11) is 3.31. The minimum absolute atomic E-state index is 0.185. The van der Waals surface area contributed by atoms with E-state index in [0.717, 1.165) is 0 Å². The number of halogens is 1. The molecule has 0 radical (unpaired) electrons. The minimum atomic E-state index is -0.391. The molecule has 0 aromatic carbocycles. The summed E-state index contributed by atoms with van der Waals surface area (Å²) < 4.78 is 14.6. The summed E-state index contributed by atoms with van der Waals surface area (Å²) in [6, 6.07) is 2.88. The average Bonchev–Trinajstić information content (AvgIpc) is 2.52. The molecule has 84 valence electrons. The van der Waals surface area contributed by atoms with Crippen molar-refractivity contribution in [3.8, 4) is 0 Å². The molecule has 0 atom stereocenters. The van der Waals surface area contributed by atoms with Gasteiger partial charge in [-0.25, -0.2) is 9.37 Å². The molecule has 0 unspecified atom stereocenters. The number of aryl methyl sites for hydroxylation is 1. The zero-order valence-electron chi connectivity index (χ0n) is 9.36. The lowest BCUT2D eigenvalue weighted by atomic mass is 10.3. The van der Waals surface area contributed by atoms with Crippen molar-refractivity contribution in [1.29, 1.82) is 0 Å². The third-order valence-corrected chi connectivity index (χ3v) is 2.37. The maximum atomic E-state index is 13.1. The summed E-state index contributed by atoms with van der Waals surface area (Å²) in [6.45, 7) is 1.74. The smallest absolute Gasteiger partial charge is 0.272 e. The van der Waals surface area contributed by atoms with Crippen LogP contribution in [0.5, 0.6) is 0 Å². The van der Waals surface area contributed by atoms with Crippen molar-refractivity contribution in [2.75, 3.05) is 14.1 Å². The maximum absolute atomic E-state index is 13.1. The van der Waals surface area contributed by atoms with E-state index in [1.54, 1.807) is 27.1 Å². The second kappa shape index (κ2) is 3.59. The van der Waals surface area contributed by atoms with Gasteiger partial charge < -0.3 is 4.90 Å². The number of rotatable bonds is 1. The highest BCUT2D eigenvalue weighted by Crippen LogP contribution is 2.14. The molecule has 0 aliphatic carbocycles. The van der Waals surface area contributed by atoms with Gasteiger partial charge in [-0.1, -0.05) is 0 Å². The Morgan fingerprint density at radius 1 is 1.44 bits per heavy atom. The van der Waals surface area contributed by atoms with Gasteiger partial charge >= 0.3 is 0 Å². The van der Waals surface area contributed by atoms with Gasteiger partial charge in [0.25, 0.3) is 5.91 Å². The van der Waals surface area contributed by atoms with Crippen LogP contribution in [0, 0.1) is 12.7 Å². The number of hydrogen-bond acceptors (Lipinski definition) is 2. The standard InChI is InChI=1S/C11H12FN3O/c1-7-10(11(16)14(2)3)15-6-8(12)4-5-9(15)13-7/h4-6H,1-3H3. The normalized spacial score (nSPS) is 10.8. The van der Waals surface area contributed by atoms with E-state index in [4.69, 9.17) is 0 Å². The second-order valence-corrected chi connectivity index (χ2v) is 3.82. The fourth-order valence-electron chi connectivity index (χ4n) is 1.61. The molecule has 5 heteroatoms. The van der Waals surface area contributed by atoms with Gasteiger partial charge in [-0.15, -0.1) is 0 Å². The first-order valence-electron chi connectivity index (χ1n) is 4.86. The first kappa shape index (κ1) is 10.6. The van der Waals surface area contributed by atoms with Gasteiger partial charge in [0, 0.05) is 20.3 Å². The number of pyridine rings is 1. The molecule has 0 N–H and O–H groups in total. The molecule has 4 nitrogen and oxygen atoms in total. The Morgan fingerprint density at radius 2 is 2.12 bits per heavy atom. The van der Waals surface area contributed by atoms with E-state index in [1.807, 2.05) is 0 Å². The van der Waals surface area contributed by atoms with Crippen molar-refractivity contribution in [3.05, 3.63) is 35.5 Å². The molecule has 0 spiro atoms. The zero-order chi connectivity index (χ0) is 11.9. The van der Waals surface area contributed by atoms with Crippen molar-refractivity contribution >= 4 is 11.6 Å². The highest BCUT2D eigenvalue weighted by atomic mass is 19.1. The highest BCUT2D eigenvalue weighted by molar-refractivity contribution is 5.94. The highest BCUT2D eigenvalue weighted by Gasteiger charge is 2.18. The van der Waals surface area contributed by atoms with E-state index >= 15 is 0 Å². The maximum Gasteiger partial charge on any atom is 0.272 e. The summed E-state index contributed by atoms with van der Waals surface area (Å²) in [6.07, 6.45) is 1.27. The largest absolute Gasteiger partial charge is 0.343 e. The van der Waals surface area contributed by atoms with Crippen LogP contribution in [0.15, 0.2) is 18.3 Å². The molecular formula is C11H12FN3O. The molecule has 0 bridgehead atoms. The van der Waals surface area contributed by atoms with Crippen molar-refractivity contribution in [1.82, 2.24) is 14.3 Å². The molecular weight excluding hydrogens is 209 g/mol. The summed E-state index contributed by atoms with van der Waals surface area (Å²) in [5, 5.41) is 0. The Labute approximate surface area is 92.3 Å². The van der Waals surface area contributed by atoms with Gasteiger partial charge in [0.15, 0.2) is 0 Å². The first-order valence-corrected chi connectivity index (χ1v) is 4.86. The molecule has 0 fully saturated rings. The topological polar surface area (TPSA) is 37.6 Å². The van der Waals surface area contributed by atoms with Crippen LogP contribution in [0.2, 0.25) is 0 Å². The van der Waals surface area contributed by atoms with Crippen molar-refractivity contribution in [3.63, 3.8) is 0 Å². The molecule has 2 aromatic rings. The Morgan fingerprint density at radius 3 is 2.75 bits per heavy atom. The van der Waals surface area contributed by atoms with E-state index in [-0.39, 0.29) is 5.91 Å². The van der Waals surface area contributed by atoms with Gasteiger partial charge in [0.05, 0.1) is 5.69 Å². The Balaban J connectivity index is 2.72. The van der Waals surface area contributed by atoms with E-state index in [0.29, 0.717) is 17.0 Å². The van der Waals surface area contributed by atoms with Crippen LogP contribution in [0.25, 0.3) is 5.65 Å². The third-order valence-electron chi connectivity index (χ3n) is 2.37. The number of carbonyl (C=O) groups excluding carboxylic acids is 1. The number of fused-ring (bicyclic) bond motifs is 1. The zero-order valence-corrected chi connectivity index (χ0v) is 9.36. The lowest BCUT2D eigenvalue weighted by Crippen LogP contribution is -2.24. The lowest BCUT2D eigenvalue weighted by molar-refractivity contribution is 0.0820. The number of imidazole rings is 1. The molecule has 0 saturated heterocycles. The lowest BCUT2D eigenvalue weighted by Gasteiger charge is -2.10. The quantitative estimate of drug-likeness (QED) is 0.731. The SMILES string of the molecule is Cc1nc2ccc(F)cn2c1C(=O)N(C)C. The number of amides is 1. The fourth-order valence-corrected chi connectivity index (χ4v) is 1.61. The van der Waals surface area contributed by atoms with Crippen molar-refractivity contribution in [2.24, 2.45) is 0 Å². The Hall–Kier alpha value is -1.91. The third kappa shape index (κ3) is 1.54. The predicted molar refractivity (Wildman–Crippen MR) is 57.9 cm³/mol. The molecule has 2 heterocycles. The first-order chi connectivity index (χ1) is 7.50. The van der Waals surface area contributed by atoms with E-state index < -0.39 is 5.82 Å². The number of aromatic nitrogens is 2. The molecule has 2 rings (SSSR count). The molecule has 0 aliphatic rings. The van der Waals surface area contributed by atoms with Crippen LogP contribution in [-0.2, 0) is 0 Å². The molecule has 0 saturated carbocycles. The molecule has 16 heavy (non-hydrogen) atoms. The van der Waals surface area contributed by atoms with Gasteiger partial charge in [0.1, 0.15) is 17.2 Å². The van der Waals surface area contributed by atoms with E-state index in [9.17, 15) is 9.18 Å². The summed E-state index contributed by atoms with van der Waals surface area (Å²) in [4.78, 5) is 17.5. The van der Waals surface area contributed by atoms with E-state index in [2.05, 4.69) is 4.98 Å². The van der Waals surface area contributed by atoms with Crippen LogP contribution in [0.1, 0.15) is 16.2 Å². The van der Waals surface area contributed by atoms with Gasteiger partial charge in [-0.2, -0.15) is 0 Å². The molecule has 1 amide bonds. The monoisotopic (exact) mass is 221 g/mol. The summed E-state index contributed by atoms with van der Waals surface area (Å²) >= 11 is 0. The Kier molecular flexibility index (Phi) is 2.38. The van der Waals surface area contributed by atoms with E-state index in [1.165, 1.54) is 21.6 Å². The average molecular weight is 221 g/mol. The second-order valence-electron chi connectivity index (χ2n) is 3.82. The van der Waals surface area contributed by atoms with Crippen LogP contribution in [0.3, 0.4) is 0 Å². The van der Waals surface area contributed by atoms with Crippen LogP contribution in [0.4, 0.5) is 4.39 Å². The fraction of sp³-hybridized carbons (Fsp3) is 0.273. The van der Waals surface area contributed by atoms with Gasteiger partial charge in [-0.3, -0.25) is 9.20 Å². The number of carbonyl (C=O) groups is 1. The van der Waals surface area contributed by atoms with Crippen LogP contribution in [-0.4, -0.2) is 34.3 Å². The predicted octanol–water partition coefficient (Wildman–Crippen LogP) is 1.48. The van der Waals surface area contributed by atoms with Crippen molar-refractivity contribution in [2.45, 2.75) is 6.92 Å². The Bertz CT molecular complexity index is 560.